The summed E-state index contributed by atoms with van der Waals surface area (Å²) in [6.45, 7) is 13.2. The Hall–Kier alpha value is -0.630. The fourth-order valence-electron chi connectivity index (χ4n) is 2.24. The standard InChI is InChI=1S/C15H30NO/c1-5-9-12-16(13-10-6-2,14-11-7-3)15(17)8-4/h8H,4-7,9-14H2,1-3H3/q+1. The summed E-state index contributed by atoms with van der Waals surface area (Å²) < 4.78 is 0.638. The smallest absolute Gasteiger partial charge is 0.257 e. The van der Waals surface area contributed by atoms with Crippen LogP contribution in [-0.4, -0.2) is 30.0 Å². The highest BCUT2D eigenvalue weighted by atomic mass is 16.2. The van der Waals surface area contributed by atoms with Crippen LogP contribution in [0.1, 0.15) is 59.3 Å². The monoisotopic (exact) mass is 240 g/mol. The van der Waals surface area contributed by atoms with Crippen molar-refractivity contribution >= 4 is 5.91 Å². The van der Waals surface area contributed by atoms with Gasteiger partial charge in [-0.2, -0.15) is 0 Å². The molecule has 0 heterocycles. The average molecular weight is 240 g/mol. The van der Waals surface area contributed by atoms with Gasteiger partial charge in [-0.3, -0.25) is 4.48 Å². The summed E-state index contributed by atoms with van der Waals surface area (Å²) in [5.41, 5.74) is 0. The van der Waals surface area contributed by atoms with E-state index >= 15 is 0 Å². The molecule has 0 unspecified atom stereocenters. The highest BCUT2D eigenvalue weighted by molar-refractivity contribution is 5.80. The minimum atomic E-state index is 0.223. The largest absolute Gasteiger partial charge is 0.338 e. The highest BCUT2D eigenvalue weighted by Crippen LogP contribution is 2.16. The molecular weight excluding hydrogens is 210 g/mol. The second-order valence-electron chi connectivity index (χ2n) is 4.92. The lowest BCUT2D eigenvalue weighted by molar-refractivity contribution is -0.853. The number of nitrogens with zero attached hydrogens (tertiary/aromatic N) is 1. The Kier molecular flexibility index (Phi) is 9.06. The third-order valence-electron chi connectivity index (χ3n) is 3.46. The minimum Gasteiger partial charge on any atom is -0.257 e. The Bertz CT molecular complexity index is 201. The molecule has 0 saturated heterocycles. The van der Waals surface area contributed by atoms with Crippen LogP contribution in [0.15, 0.2) is 12.7 Å². The number of rotatable bonds is 10. The van der Waals surface area contributed by atoms with Crippen LogP contribution in [-0.2, 0) is 4.79 Å². The first kappa shape index (κ1) is 16.4. The molecule has 0 bridgehead atoms. The molecule has 0 saturated carbocycles. The van der Waals surface area contributed by atoms with E-state index in [1.54, 1.807) is 0 Å². The van der Waals surface area contributed by atoms with E-state index in [1.807, 2.05) is 0 Å². The van der Waals surface area contributed by atoms with Gasteiger partial charge in [-0.1, -0.05) is 46.6 Å². The number of amides is 1. The lowest BCUT2D eigenvalue weighted by atomic mass is 10.1. The predicted octanol–water partition coefficient (Wildman–Crippen LogP) is 3.92. The van der Waals surface area contributed by atoms with Gasteiger partial charge in [0.25, 0.3) is 0 Å². The molecular formula is C15H30NO+. The second kappa shape index (κ2) is 9.41. The molecule has 0 fully saturated rings. The Morgan fingerprint density at radius 2 is 1.29 bits per heavy atom. The molecule has 2 nitrogen and oxygen atoms in total. The predicted molar refractivity (Wildman–Crippen MR) is 74.8 cm³/mol. The van der Waals surface area contributed by atoms with Gasteiger partial charge in [0.15, 0.2) is 0 Å². The van der Waals surface area contributed by atoms with Gasteiger partial charge >= 0.3 is 5.91 Å². The van der Waals surface area contributed by atoms with E-state index in [0.29, 0.717) is 4.48 Å². The van der Waals surface area contributed by atoms with E-state index < -0.39 is 0 Å². The maximum atomic E-state index is 12.2. The molecule has 100 valence electrons. The summed E-state index contributed by atoms with van der Waals surface area (Å²) in [4.78, 5) is 12.2. The van der Waals surface area contributed by atoms with Crippen LogP contribution in [0.2, 0.25) is 0 Å². The van der Waals surface area contributed by atoms with Crippen molar-refractivity contribution in [1.29, 1.82) is 0 Å². The van der Waals surface area contributed by atoms with Gasteiger partial charge in [-0.15, -0.1) is 0 Å². The van der Waals surface area contributed by atoms with Crippen LogP contribution in [0, 0.1) is 0 Å². The van der Waals surface area contributed by atoms with Crippen molar-refractivity contribution < 1.29 is 9.28 Å². The topological polar surface area (TPSA) is 17.1 Å². The van der Waals surface area contributed by atoms with Crippen LogP contribution in [0.5, 0.6) is 0 Å². The first-order valence-electron chi connectivity index (χ1n) is 7.19. The summed E-state index contributed by atoms with van der Waals surface area (Å²) in [6.07, 6.45) is 8.39. The van der Waals surface area contributed by atoms with Gasteiger partial charge < -0.3 is 0 Å². The molecule has 0 N–H and O–H groups in total. The zero-order valence-electron chi connectivity index (χ0n) is 12.0. The van der Waals surface area contributed by atoms with Gasteiger partial charge in [0, 0.05) is 6.08 Å². The van der Waals surface area contributed by atoms with Crippen molar-refractivity contribution in [2.75, 3.05) is 19.6 Å². The molecule has 17 heavy (non-hydrogen) atoms. The number of hydrogen-bond acceptors (Lipinski definition) is 1. The molecule has 0 aliphatic rings. The maximum Gasteiger partial charge on any atom is 0.338 e. The first-order chi connectivity index (χ1) is 8.16. The lowest BCUT2D eigenvalue weighted by Gasteiger charge is -2.35. The minimum absolute atomic E-state index is 0.223. The molecule has 0 radical (unpaired) electrons. The van der Waals surface area contributed by atoms with E-state index in [1.165, 1.54) is 6.08 Å². The fraction of sp³-hybridized carbons (Fsp3) is 0.800. The Balaban J connectivity index is 4.76. The van der Waals surface area contributed by atoms with Crippen LogP contribution in [0.25, 0.3) is 0 Å². The second-order valence-corrected chi connectivity index (χ2v) is 4.92. The molecule has 0 aromatic carbocycles. The molecule has 0 atom stereocenters. The van der Waals surface area contributed by atoms with Gasteiger partial charge in [0.2, 0.25) is 0 Å². The van der Waals surface area contributed by atoms with E-state index in [-0.39, 0.29) is 5.91 Å². The van der Waals surface area contributed by atoms with Crippen molar-refractivity contribution in [3.8, 4) is 0 Å². The molecule has 0 aromatic rings. The molecule has 1 amide bonds. The van der Waals surface area contributed by atoms with Crippen molar-refractivity contribution in [2.45, 2.75) is 59.3 Å². The number of carbonyl (C=O) groups excluding carboxylic acids is 1. The van der Waals surface area contributed by atoms with Gasteiger partial charge in [-0.25, -0.2) is 4.79 Å². The fourth-order valence-corrected chi connectivity index (χ4v) is 2.24. The molecule has 0 aliphatic heterocycles. The number of unbranched alkanes of at least 4 members (excludes halogenated alkanes) is 3. The van der Waals surface area contributed by atoms with E-state index in [0.717, 1.165) is 58.2 Å². The van der Waals surface area contributed by atoms with Crippen molar-refractivity contribution in [2.24, 2.45) is 0 Å². The van der Waals surface area contributed by atoms with Crippen molar-refractivity contribution in [3.05, 3.63) is 12.7 Å². The molecule has 2 heteroatoms. The molecule has 0 aliphatic carbocycles. The third kappa shape index (κ3) is 5.49. The maximum absolute atomic E-state index is 12.2. The van der Waals surface area contributed by atoms with Crippen LogP contribution < -0.4 is 0 Å². The van der Waals surface area contributed by atoms with Crippen LogP contribution in [0.3, 0.4) is 0 Å². The van der Waals surface area contributed by atoms with Gasteiger partial charge in [-0.05, 0) is 19.3 Å². The summed E-state index contributed by atoms with van der Waals surface area (Å²) >= 11 is 0. The molecule has 0 spiro atoms. The Morgan fingerprint density at radius 1 is 0.941 bits per heavy atom. The van der Waals surface area contributed by atoms with Gasteiger partial charge in [0.05, 0.1) is 19.6 Å². The summed E-state index contributed by atoms with van der Waals surface area (Å²) in [5, 5.41) is 0. The Morgan fingerprint density at radius 3 is 1.53 bits per heavy atom. The lowest BCUT2D eigenvalue weighted by Crippen LogP contribution is -2.53. The van der Waals surface area contributed by atoms with E-state index in [4.69, 9.17) is 0 Å². The Labute approximate surface area is 107 Å². The van der Waals surface area contributed by atoms with E-state index in [9.17, 15) is 4.79 Å². The normalized spacial score (nSPS) is 11.5. The summed E-state index contributed by atoms with van der Waals surface area (Å²) in [7, 11) is 0. The molecule has 0 rings (SSSR count). The average Bonchev–Trinajstić information content (AvgIpc) is 2.37. The summed E-state index contributed by atoms with van der Waals surface area (Å²) in [6, 6.07) is 0. The van der Waals surface area contributed by atoms with Crippen LogP contribution >= 0.6 is 0 Å². The number of carbonyl (C=O) groups is 1. The highest BCUT2D eigenvalue weighted by Gasteiger charge is 2.32. The number of quaternary nitrogens is 1. The SMILES string of the molecule is C=CC(=O)[N+](CCCC)(CCCC)CCCC. The zero-order chi connectivity index (χ0) is 13.1. The number of hydrogen-bond donors (Lipinski definition) is 0. The van der Waals surface area contributed by atoms with Gasteiger partial charge in [0.1, 0.15) is 0 Å². The van der Waals surface area contributed by atoms with Crippen molar-refractivity contribution in [1.82, 2.24) is 0 Å². The zero-order valence-corrected chi connectivity index (χ0v) is 12.0. The quantitative estimate of drug-likeness (QED) is 0.418. The van der Waals surface area contributed by atoms with Crippen LogP contribution in [0.4, 0.5) is 0 Å². The molecule has 0 aromatic heterocycles. The van der Waals surface area contributed by atoms with Crippen molar-refractivity contribution in [3.63, 3.8) is 0 Å². The first-order valence-corrected chi connectivity index (χ1v) is 7.19. The van der Waals surface area contributed by atoms with E-state index in [2.05, 4.69) is 27.4 Å². The summed E-state index contributed by atoms with van der Waals surface area (Å²) in [5.74, 6) is 0.223. The third-order valence-corrected chi connectivity index (χ3v) is 3.46.